The van der Waals surface area contributed by atoms with Crippen LogP contribution in [-0.2, 0) is 11.2 Å². The van der Waals surface area contributed by atoms with Crippen LogP contribution in [0.5, 0.6) is 0 Å². The molecule has 1 amide bonds. The predicted molar refractivity (Wildman–Crippen MR) is 104 cm³/mol. The van der Waals surface area contributed by atoms with Crippen LogP contribution in [0.1, 0.15) is 41.6 Å². The molecule has 1 aromatic heterocycles. The van der Waals surface area contributed by atoms with Gasteiger partial charge in [0.1, 0.15) is 5.82 Å². The highest BCUT2D eigenvalue weighted by molar-refractivity contribution is 5.99. The van der Waals surface area contributed by atoms with Crippen LogP contribution in [-0.4, -0.2) is 41.1 Å². The number of carbonyl (C=O) groups is 2. The number of anilines is 1. The van der Waals surface area contributed by atoms with Crippen molar-refractivity contribution in [2.24, 2.45) is 0 Å². The molecule has 0 aliphatic carbocycles. The van der Waals surface area contributed by atoms with Crippen molar-refractivity contribution in [1.29, 1.82) is 0 Å². The van der Waals surface area contributed by atoms with E-state index in [2.05, 4.69) is 15.2 Å². The van der Waals surface area contributed by atoms with Crippen LogP contribution >= 0.6 is 0 Å². The maximum atomic E-state index is 12.9. The summed E-state index contributed by atoms with van der Waals surface area (Å²) in [7, 11) is 0. The molecule has 0 saturated carbocycles. The Bertz CT molecular complexity index is 773. The number of aromatic nitrogens is 1. The third-order valence-electron chi connectivity index (χ3n) is 4.80. The number of pyridine rings is 1. The molecule has 2 aromatic rings. The Morgan fingerprint density at radius 1 is 1.11 bits per heavy atom. The average Bonchev–Trinajstić information content (AvgIpc) is 3.21. The fraction of sp³-hybridized carbons (Fsp3) is 0.381. The summed E-state index contributed by atoms with van der Waals surface area (Å²) in [6.45, 7) is 1.81. The molecule has 1 atom stereocenters. The van der Waals surface area contributed by atoms with Crippen molar-refractivity contribution < 1.29 is 14.7 Å². The lowest BCUT2D eigenvalue weighted by Crippen LogP contribution is -2.38. The van der Waals surface area contributed by atoms with E-state index in [4.69, 9.17) is 5.11 Å². The van der Waals surface area contributed by atoms with Gasteiger partial charge < -0.3 is 15.3 Å². The second kappa shape index (κ2) is 9.16. The van der Waals surface area contributed by atoms with Crippen LogP contribution in [0.4, 0.5) is 5.82 Å². The Hall–Kier alpha value is -2.89. The van der Waals surface area contributed by atoms with Crippen LogP contribution in [0.3, 0.4) is 0 Å². The second-order valence-corrected chi connectivity index (χ2v) is 6.86. The number of benzene rings is 1. The summed E-state index contributed by atoms with van der Waals surface area (Å²) in [6, 6.07) is 13.1. The number of hydrogen-bond acceptors (Lipinski definition) is 4. The lowest BCUT2D eigenvalue weighted by molar-refractivity contribution is -0.137. The van der Waals surface area contributed by atoms with Gasteiger partial charge in [0.15, 0.2) is 0 Å². The standard InChI is InChI=1S/C21H25N3O3/c25-19(26)11-10-17(15-16-7-2-1-3-8-16)23-21(27)18-9-6-12-22-20(18)24-13-4-5-14-24/h1-3,6-9,12,17H,4-5,10-11,13-15H2,(H,23,27)(H,25,26). The number of carbonyl (C=O) groups excluding carboxylic acids is 1. The van der Waals surface area contributed by atoms with E-state index in [0.717, 1.165) is 31.5 Å². The maximum absolute atomic E-state index is 12.9. The van der Waals surface area contributed by atoms with Crippen LogP contribution in [0, 0.1) is 0 Å². The zero-order valence-electron chi connectivity index (χ0n) is 15.3. The van der Waals surface area contributed by atoms with Gasteiger partial charge in [-0.2, -0.15) is 0 Å². The van der Waals surface area contributed by atoms with Crippen molar-refractivity contribution in [3.05, 3.63) is 59.8 Å². The SMILES string of the molecule is O=C(O)CCC(Cc1ccccc1)NC(=O)c1cccnc1N1CCCC1. The Kier molecular flexibility index (Phi) is 6.41. The molecule has 0 bridgehead atoms. The van der Waals surface area contributed by atoms with Crippen molar-refractivity contribution in [3.63, 3.8) is 0 Å². The van der Waals surface area contributed by atoms with Crippen LogP contribution in [0.2, 0.25) is 0 Å². The summed E-state index contributed by atoms with van der Waals surface area (Å²) in [5.41, 5.74) is 1.62. The number of carboxylic acids is 1. The number of aliphatic carboxylic acids is 1. The van der Waals surface area contributed by atoms with Gasteiger partial charge in [0.05, 0.1) is 5.56 Å². The van der Waals surface area contributed by atoms with Crippen LogP contribution in [0.15, 0.2) is 48.7 Å². The predicted octanol–water partition coefficient (Wildman–Crippen LogP) is 2.89. The highest BCUT2D eigenvalue weighted by Crippen LogP contribution is 2.22. The first-order valence-electron chi connectivity index (χ1n) is 9.40. The third-order valence-corrected chi connectivity index (χ3v) is 4.80. The van der Waals surface area contributed by atoms with Gasteiger partial charge in [0, 0.05) is 31.7 Å². The lowest BCUT2D eigenvalue weighted by Gasteiger charge is -2.22. The molecule has 6 nitrogen and oxygen atoms in total. The minimum absolute atomic E-state index is 0.0177. The minimum atomic E-state index is -0.860. The summed E-state index contributed by atoms with van der Waals surface area (Å²) in [4.78, 5) is 30.5. The van der Waals surface area contributed by atoms with E-state index >= 15 is 0 Å². The summed E-state index contributed by atoms with van der Waals surface area (Å²) in [6.07, 6.45) is 4.91. The van der Waals surface area contributed by atoms with Crippen molar-refractivity contribution in [1.82, 2.24) is 10.3 Å². The monoisotopic (exact) mass is 367 g/mol. The van der Waals surface area contributed by atoms with Gasteiger partial charge in [-0.3, -0.25) is 9.59 Å². The quantitative estimate of drug-likeness (QED) is 0.750. The van der Waals surface area contributed by atoms with E-state index in [9.17, 15) is 9.59 Å². The number of nitrogens with one attached hydrogen (secondary N) is 1. The molecule has 3 rings (SSSR count). The van der Waals surface area contributed by atoms with Gasteiger partial charge in [0.25, 0.3) is 5.91 Å². The molecule has 1 aliphatic heterocycles. The van der Waals surface area contributed by atoms with Crippen LogP contribution < -0.4 is 10.2 Å². The van der Waals surface area contributed by atoms with Crippen molar-refractivity contribution >= 4 is 17.7 Å². The second-order valence-electron chi connectivity index (χ2n) is 6.86. The average molecular weight is 367 g/mol. The first-order chi connectivity index (χ1) is 13.1. The normalized spacial score (nSPS) is 14.7. The Morgan fingerprint density at radius 3 is 2.56 bits per heavy atom. The number of nitrogens with zero attached hydrogens (tertiary/aromatic N) is 2. The molecule has 1 saturated heterocycles. The Labute approximate surface area is 159 Å². The van der Waals surface area contributed by atoms with E-state index in [1.807, 2.05) is 30.3 Å². The first kappa shape index (κ1) is 18.9. The third kappa shape index (κ3) is 5.29. The van der Waals surface area contributed by atoms with Gasteiger partial charge in [-0.15, -0.1) is 0 Å². The van der Waals surface area contributed by atoms with Crippen molar-refractivity contribution in [3.8, 4) is 0 Å². The zero-order chi connectivity index (χ0) is 19.1. The highest BCUT2D eigenvalue weighted by atomic mass is 16.4. The molecule has 6 heteroatoms. The minimum Gasteiger partial charge on any atom is -0.481 e. The van der Waals surface area contributed by atoms with Gasteiger partial charge in [-0.1, -0.05) is 30.3 Å². The lowest BCUT2D eigenvalue weighted by atomic mass is 10.0. The first-order valence-corrected chi connectivity index (χ1v) is 9.40. The van der Waals surface area contributed by atoms with Crippen LogP contribution in [0.25, 0.3) is 0 Å². The molecule has 0 spiro atoms. The molecule has 1 aliphatic rings. The summed E-state index contributed by atoms with van der Waals surface area (Å²) in [5.74, 6) is -0.345. The fourth-order valence-corrected chi connectivity index (χ4v) is 3.44. The summed E-state index contributed by atoms with van der Waals surface area (Å²) >= 11 is 0. The van der Waals surface area contributed by atoms with Gasteiger partial charge in [-0.25, -0.2) is 4.98 Å². The molecular weight excluding hydrogens is 342 g/mol. The van der Waals surface area contributed by atoms with Crippen molar-refractivity contribution in [2.75, 3.05) is 18.0 Å². The number of rotatable bonds is 8. The number of carboxylic acid groups (broad SMARTS) is 1. The molecule has 27 heavy (non-hydrogen) atoms. The van der Waals surface area contributed by atoms with Gasteiger partial charge in [0.2, 0.25) is 0 Å². The molecule has 2 heterocycles. The largest absolute Gasteiger partial charge is 0.481 e. The molecule has 0 radical (unpaired) electrons. The van der Waals surface area contributed by atoms with E-state index in [1.54, 1.807) is 18.3 Å². The maximum Gasteiger partial charge on any atom is 0.303 e. The number of hydrogen-bond donors (Lipinski definition) is 2. The zero-order valence-corrected chi connectivity index (χ0v) is 15.3. The molecule has 2 N–H and O–H groups in total. The molecule has 1 aromatic carbocycles. The topological polar surface area (TPSA) is 82.5 Å². The molecule has 142 valence electrons. The summed E-state index contributed by atoms with van der Waals surface area (Å²) < 4.78 is 0. The molecule has 1 unspecified atom stereocenters. The van der Waals surface area contributed by atoms with E-state index in [-0.39, 0.29) is 18.4 Å². The van der Waals surface area contributed by atoms with E-state index in [1.165, 1.54) is 0 Å². The van der Waals surface area contributed by atoms with Gasteiger partial charge >= 0.3 is 5.97 Å². The fourth-order valence-electron chi connectivity index (χ4n) is 3.44. The van der Waals surface area contributed by atoms with E-state index in [0.29, 0.717) is 24.2 Å². The highest BCUT2D eigenvalue weighted by Gasteiger charge is 2.22. The molecular formula is C21H25N3O3. The smallest absolute Gasteiger partial charge is 0.303 e. The summed E-state index contributed by atoms with van der Waals surface area (Å²) in [5, 5.41) is 12.1. The van der Waals surface area contributed by atoms with Crippen molar-refractivity contribution in [2.45, 2.75) is 38.1 Å². The Balaban J connectivity index is 1.74. The number of amides is 1. The van der Waals surface area contributed by atoms with Gasteiger partial charge in [-0.05, 0) is 43.4 Å². The Morgan fingerprint density at radius 2 is 1.85 bits per heavy atom. The molecule has 1 fully saturated rings. The van der Waals surface area contributed by atoms with E-state index < -0.39 is 5.97 Å².